The Morgan fingerprint density at radius 2 is 1.59 bits per heavy atom. The third-order valence-corrected chi connectivity index (χ3v) is 11.2. The molecule has 51 heavy (non-hydrogen) atoms. The Kier molecular flexibility index (Phi) is 8.86. The fourth-order valence-electron chi connectivity index (χ4n) is 7.21. The number of hydrogen-bond acceptors (Lipinski definition) is 12. The molecule has 264 valence electrons. The average molecular weight is 713 g/mol. The zero-order valence-corrected chi connectivity index (χ0v) is 28.5. The molecule has 1 atom stereocenters. The van der Waals surface area contributed by atoms with E-state index in [9.17, 15) is 29.3 Å². The minimum atomic E-state index is -0.973. The van der Waals surface area contributed by atoms with E-state index in [1.807, 2.05) is 24.3 Å². The van der Waals surface area contributed by atoms with Gasteiger partial charge in [0.2, 0.25) is 11.8 Å². The highest BCUT2D eigenvalue weighted by Gasteiger charge is 2.45. The Morgan fingerprint density at radius 3 is 2.35 bits per heavy atom. The molecule has 14 nitrogen and oxygen atoms in total. The molecule has 15 heteroatoms. The third kappa shape index (κ3) is 6.64. The van der Waals surface area contributed by atoms with Crippen molar-refractivity contribution in [1.29, 1.82) is 0 Å². The summed E-state index contributed by atoms with van der Waals surface area (Å²) in [6.45, 7) is 4.89. The number of ether oxygens (including phenoxy) is 2. The summed E-state index contributed by atoms with van der Waals surface area (Å²) in [7, 11) is 0. The number of rotatable bonds is 10. The number of benzene rings is 3. The highest BCUT2D eigenvalue weighted by Crippen LogP contribution is 2.47. The van der Waals surface area contributed by atoms with Gasteiger partial charge in [-0.25, -0.2) is 0 Å². The number of anilines is 3. The Morgan fingerprint density at radius 1 is 0.843 bits per heavy atom. The first-order valence-corrected chi connectivity index (χ1v) is 18.0. The molecule has 0 aromatic heterocycles. The lowest BCUT2D eigenvalue weighted by atomic mass is 9.92. The lowest BCUT2D eigenvalue weighted by Gasteiger charge is -2.37. The number of nitrogens with zero attached hydrogens (tertiary/aromatic N) is 4. The van der Waals surface area contributed by atoms with Crippen molar-refractivity contribution in [2.24, 2.45) is 0 Å². The van der Waals surface area contributed by atoms with Gasteiger partial charge in [-0.05, 0) is 55.3 Å². The van der Waals surface area contributed by atoms with Crippen LogP contribution in [0.5, 0.6) is 5.75 Å². The first-order chi connectivity index (χ1) is 24.7. The second kappa shape index (κ2) is 13.6. The molecule has 4 heterocycles. The van der Waals surface area contributed by atoms with Crippen LogP contribution in [0.1, 0.15) is 52.8 Å². The predicted molar refractivity (Wildman–Crippen MR) is 187 cm³/mol. The number of nitro groups is 1. The van der Waals surface area contributed by atoms with Gasteiger partial charge in [0.25, 0.3) is 17.5 Å². The third-order valence-electron chi connectivity index (χ3n) is 10.1. The standard InChI is InChI=1S/C36H36N6O8S/c43-33-9-8-30(34(44)38-33)41-35(45)26-5-2-21(16-27(26)36(41)46)40-13-11-39(12-14-40)10-1-15-49-24-18-25(19-24)50-23-4-7-29-32(20-23)51-31-17-22(42(47)48)3-6-28(31)37-29/h2-7,16-17,20,24-25,30,37H,1,8-15,18-19H2,(H,38,43,44)/t24-,25-,30?. The van der Waals surface area contributed by atoms with Crippen molar-refractivity contribution in [3.05, 3.63) is 75.8 Å². The molecule has 3 aromatic rings. The zero-order valence-electron chi connectivity index (χ0n) is 27.7. The van der Waals surface area contributed by atoms with Gasteiger partial charge in [-0.1, -0.05) is 11.8 Å². The molecule has 4 amide bonds. The van der Waals surface area contributed by atoms with Crippen LogP contribution >= 0.6 is 11.8 Å². The zero-order chi connectivity index (χ0) is 35.2. The number of amides is 4. The SMILES string of the molecule is O=C1CCC(N2C(=O)c3ccc(N4CCN(CCCO[C@H]5C[C@H](Oc6ccc7c(c6)Sc6cc([N+](=O)[O-])ccc6N7)C5)CC4)cc3C2=O)C(=O)N1. The van der Waals surface area contributed by atoms with E-state index in [1.54, 1.807) is 24.3 Å². The predicted octanol–water partition coefficient (Wildman–Crippen LogP) is 4.34. The van der Waals surface area contributed by atoms with Gasteiger partial charge in [0.15, 0.2) is 0 Å². The van der Waals surface area contributed by atoms with Crippen molar-refractivity contribution in [1.82, 2.24) is 15.1 Å². The summed E-state index contributed by atoms with van der Waals surface area (Å²) in [6.07, 6.45) is 3.06. The topological polar surface area (TPSA) is 164 Å². The van der Waals surface area contributed by atoms with Gasteiger partial charge in [-0.2, -0.15) is 0 Å². The normalized spacial score (nSPS) is 22.8. The molecule has 3 fully saturated rings. The number of non-ortho nitro benzene ring substituents is 1. The number of fused-ring (bicyclic) bond motifs is 3. The molecule has 3 aromatic carbocycles. The summed E-state index contributed by atoms with van der Waals surface area (Å²) >= 11 is 1.49. The van der Waals surface area contributed by atoms with Crippen molar-refractivity contribution < 1.29 is 33.6 Å². The van der Waals surface area contributed by atoms with Gasteiger partial charge >= 0.3 is 0 Å². The van der Waals surface area contributed by atoms with Crippen LogP contribution in [0.2, 0.25) is 0 Å². The second-order valence-electron chi connectivity index (χ2n) is 13.4. The minimum absolute atomic E-state index is 0.0664. The number of piperazine rings is 1. The van der Waals surface area contributed by atoms with Gasteiger partial charge in [0.1, 0.15) is 17.9 Å². The Balaban J connectivity index is 0.747. The quantitative estimate of drug-likeness (QED) is 0.104. The van der Waals surface area contributed by atoms with Crippen LogP contribution in [-0.4, -0.2) is 95.9 Å². The molecule has 4 aliphatic heterocycles. The number of carbonyl (C=O) groups is 4. The Hall–Kier alpha value is -4.99. The Labute approximate surface area is 297 Å². The van der Waals surface area contributed by atoms with Crippen LogP contribution in [0.25, 0.3) is 0 Å². The molecule has 8 rings (SSSR count). The molecular weight excluding hydrogens is 676 g/mol. The van der Waals surface area contributed by atoms with Crippen molar-refractivity contribution in [3.8, 4) is 5.75 Å². The van der Waals surface area contributed by atoms with E-state index < -0.39 is 29.7 Å². The molecule has 5 aliphatic rings. The van der Waals surface area contributed by atoms with Crippen molar-refractivity contribution in [3.63, 3.8) is 0 Å². The first-order valence-electron chi connectivity index (χ1n) is 17.2. The van der Waals surface area contributed by atoms with Crippen LogP contribution < -0.4 is 20.3 Å². The smallest absolute Gasteiger partial charge is 0.270 e. The maximum Gasteiger partial charge on any atom is 0.270 e. The lowest BCUT2D eigenvalue weighted by Crippen LogP contribution is -2.54. The number of carbonyl (C=O) groups excluding carboxylic acids is 4. The van der Waals surface area contributed by atoms with Gasteiger partial charge in [-0.15, -0.1) is 0 Å². The number of nitrogens with one attached hydrogen (secondary N) is 2. The van der Waals surface area contributed by atoms with Crippen LogP contribution in [0.3, 0.4) is 0 Å². The average Bonchev–Trinajstić information content (AvgIpc) is 3.35. The number of imide groups is 2. The van der Waals surface area contributed by atoms with E-state index in [-0.39, 0.29) is 41.2 Å². The molecule has 0 radical (unpaired) electrons. The molecule has 1 saturated carbocycles. The summed E-state index contributed by atoms with van der Waals surface area (Å²) in [5.41, 5.74) is 3.32. The van der Waals surface area contributed by atoms with E-state index in [4.69, 9.17) is 9.47 Å². The molecule has 0 spiro atoms. The molecular formula is C36H36N6O8S. The van der Waals surface area contributed by atoms with Crippen LogP contribution in [0.4, 0.5) is 22.7 Å². The summed E-state index contributed by atoms with van der Waals surface area (Å²) in [4.78, 5) is 68.4. The highest BCUT2D eigenvalue weighted by molar-refractivity contribution is 7.99. The summed E-state index contributed by atoms with van der Waals surface area (Å²) in [5.74, 6) is -1.22. The molecule has 1 aliphatic carbocycles. The fourth-order valence-corrected chi connectivity index (χ4v) is 8.25. The summed E-state index contributed by atoms with van der Waals surface area (Å²) in [5, 5.41) is 16.8. The van der Waals surface area contributed by atoms with E-state index in [0.717, 1.165) is 89.5 Å². The highest BCUT2D eigenvalue weighted by atomic mass is 32.2. The van der Waals surface area contributed by atoms with Crippen molar-refractivity contribution in [2.45, 2.75) is 60.1 Å². The minimum Gasteiger partial charge on any atom is -0.490 e. The van der Waals surface area contributed by atoms with E-state index in [1.165, 1.54) is 17.8 Å². The van der Waals surface area contributed by atoms with E-state index >= 15 is 0 Å². The monoisotopic (exact) mass is 712 g/mol. The molecule has 2 saturated heterocycles. The van der Waals surface area contributed by atoms with Gasteiger partial charge < -0.3 is 19.7 Å². The van der Waals surface area contributed by atoms with E-state index in [2.05, 4.69) is 20.4 Å². The molecule has 0 bridgehead atoms. The van der Waals surface area contributed by atoms with Crippen LogP contribution in [-0.2, 0) is 14.3 Å². The van der Waals surface area contributed by atoms with E-state index in [0.29, 0.717) is 12.2 Å². The van der Waals surface area contributed by atoms with Crippen molar-refractivity contribution >= 4 is 58.1 Å². The maximum atomic E-state index is 13.2. The molecule has 2 N–H and O–H groups in total. The fraction of sp³-hybridized carbons (Fsp3) is 0.389. The first kappa shape index (κ1) is 33.2. The van der Waals surface area contributed by atoms with Gasteiger partial charge in [0, 0.05) is 86.2 Å². The number of piperidine rings is 1. The summed E-state index contributed by atoms with van der Waals surface area (Å²) in [6, 6.07) is 15.0. The van der Waals surface area contributed by atoms with Crippen LogP contribution in [0.15, 0.2) is 64.4 Å². The van der Waals surface area contributed by atoms with Crippen LogP contribution in [0, 0.1) is 10.1 Å². The largest absolute Gasteiger partial charge is 0.490 e. The van der Waals surface area contributed by atoms with Crippen molar-refractivity contribution in [2.75, 3.05) is 49.5 Å². The molecule has 1 unspecified atom stereocenters. The Bertz CT molecular complexity index is 1940. The van der Waals surface area contributed by atoms with Gasteiger partial charge in [0.05, 0.1) is 33.5 Å². The second-order valence-corrected chi connectivity index (χ2v) is 14.5. The number of nitro benzene ring substituents is 1. The lowest BCUT2D eigenvalue weighted by molar-refractivity contribution is -0.385. The van der Waals surface area contributed by atoms with Gasteiger partial charge in [-0.3, -0.25) is 44.4 Å². The number of hydrogen-bond donors (Lipinski definition) is 2. The maximum absolute atomic E-state index is 13.2. The summed E-state index contributed by atoms with van der Waals surface area (Å²) < 4.78 is 12.3.